The lowest BCUT2D eigenvalue weighted by molar-refractivity contribution is -0.116. The van der Waals surface area contributed by atoms with Gasteiger partial charge in [0.15, 0.2) is 6.10 Å². The van der Waals surface area contributed by atoms with Crippen molar-refractivity contribution >= 4 is 34.3 Å². The van der Waals surface area contributed by atoms with Gasteiger partial charge in [0, 0.05) is 23.1 Å². The number of ether oxygens (including phenoxy) is 1. The van der Waals surface area contributed by atoms with Crippen molar-refractivity contribution < 1.29 is 19.1 Å². The maximum absolute atomic E-state index is 12.6. The molecule has 0 spiro atoms. The summed E-state index contributed by atoms with van der Waals surface area (Å²) < 4.78 is 5.31. The van der Waals surface area contributed by atoms with Crippen molar-refractivity contribution in [3.05, 3.63) is 71.9 Å². The maximum Gasteiger partial charge on any atom is 0.357 e. The van der Waals surface area contributed by atoms with Gasteiger partial charge in [0.1, 0.15) is 5.69 Å². The van der Waals surface area contributed by atoms with E-state index in [4.69, 9.17) is 4.74 Å². The first-order valence-electron chi connectivity index (χ1n) is 9.49. The quantitative estimate of drug-likeness (QED) is 0.477. The zero-order chi connectivity index (χ0) is 20.8. The molecule has 6 heteroatoms. The molecule has 148 valence electrons. The average Bonchev–Trinajstić information content (AvgIpc) is 2.73. The maximum atomic E-state index is 12.6. The number of hydrogen-bond acceptors (Lipinski definition) is 5. The van der Waals surface area contributed by atoms with Gasteiger partial charge in [-0.25, -0.2) is 9.78 Å². The van der Waals surface area contributed by atoms with Crippen molar-refractivity contribution in [3.63, 3.8) is 0 Å². The number of nitrogens with zero attached hydrogens (tertiary/aromatic N) is 1. The number of carbonyl (C=O) groups excluding carboxylic acids is 3. The molecule has 0 saturated carbocycles. The van der Waals surface area contributed by atoms with Crippen molar-refractivity contribution in [1.82, 2.24) is 4.98 Å². The third-order valence-corrected chi connectivity index (χ3v) is 4.39. The number of carbonyl (C=O) groups is 3. The Morgan fingerprint density at radius 1 is 1.00 bits per heavy atom. The van der Waals surface area contributed by atoms with Crippen LogP contribution in [0.25, 0.3) is 10.9 Å². The number of ketones is 1. The number of aromatic nitrogens is 1. The van der Waals surface area contributed by atoms with Gasteiger partial charge in [-0.2, -0.15) is 0 Å². The van der Waals surface area contributed by atoms with Crippen LogP contribution in [-0.4, -0.2) is 28.7 Å². The number of Topliss-reactive ketones (excluding diaryl/α,β-unsaturated/α-hetero) is 1. The third-order valence-electron chi connectivity index (χ3n) is 4.39. The van der Waals surface area contributed by atoms with E-state index in [-0.39, 0.29) is 17.4 Å². The lowest BCUT2D eigenvalue weighted by Gasteiger charge is -2.13. The highest BCUT2D eigenvalue weighted by Crippen LogP contribution is 2.15. The van der Waals surface area contributed by atoms with Crippen LogP contribution >= 0.6 is 0 Å². The van der Waals surface area contributed by atoms with Crippen molar-refractivity contribution in [3.8, 4) is 0 Å². The molecule has 0 aliphatic heterocycles. The molecule has 0 bridgehead atoms. The highest BCUT2D eigenvalue weighted by atomic mass is 16.5. The number of nitrogens with one attached hydrogen (secondary N) is 1. The number of benzene rings is 2. The van der Waals surface area contributed by atoms with E-state index in [9.17, 15) is 14.4 Å². The average molecular weight is 390 g/mol. The van der Waals surface area contributed by atoms with Gasteiger partial charge in [0.2, 0.25) is 11.7 Å². The van der Waals surface area contributed by atoms with Gasteiger partial charge in [0.05, 0.1) is 5.52 Å². The van der Waals surface area contributed by atoms with Gasteiger partial charge in [0.25, 0.3) is 0 Å². The third kappa shape index (κ3) is 5.04. The van der Waals surface area contributed by atoms with Crippen LogP contribution in [-0.2, 0) is 9.53 Å². The lowest BCUT2D eigenvalue weighted by Crippen LogP contribution is -2.25. The molecule has 0 fully saturated rings. The molecule has 0 unspecified atom stereocenters. The predicted octanol–water partition coefficient (Wildman–Crippen LogP) is 4.40. The Kier molecular flexibility index (Phi) is 6.34. The minimum absolute atomic E-state index is 0.0724. The van der Waals surface area contributed by atoms with E-state index in [0.717, 1.165) is 11.8 Å². The van der Waals surface area contributed by atoms with E-state index >= 15 is 0 Å². The summed E-state index contributed by atoms with van der Waals surface area (Å²) in [6.07, 6.45) is 0.240. The number of hydrogen-bond donors (Lipinski definition) is 1. The Morgan fingerprint density at radius 2 is 1.72 bits per heavy atom. The molecule has 1 N–H and O–H groups in total. The highest BCUT2D eigenvalue weighted by Gasteiger charge is 2.21. The molecule has 0 radical (unpaired) electrons. The summed E-state index contributed by atoms with van der Waals surface area (Å²) in [5.74, 6) is -1.05. The number of fused-ring (bicyclic) bond motifs is 1. The topological polar surface area (TPSA) is 85.4 Å². The van der Waals surface area contributed by atoms with Gasteiger partial charge in [-0.15, -0.1) is 0 Å². The Bertz CT molecular complexity index is 1040. The van der Waals surface area contributed by atoms with Gasteiger partial charge >= 0.3 is 5.97 Å². The number of anilines is 1. The number of rotatable bonds is 7. The summed E-state index contributed by atoms with van der Waals surface area (Å²) in [7, 11) is 0. The monoisotopic (exact) mass is 390 g/mol. The summed E-state index contributed by atoms with van der Waals surface area (Å²) in [5.41, 5.74) is 1.84. The summed E-state index contributed by atoms with van der Waals surface area (Å²) in [4.78, 5) is 40.9. The zero-order valence-electron chi connectivity index (χ0n) is 16.3. The van der Waals surface area contributed by atoms with Crippen LogP contribution in [0.1, 0.15) is 47.5 Å². The molecule has 6 nitrogen and oxygen atoms in total. The van der Waals surface area contributed by atoms with E-state index in [1.54, 1.807) is 36.4 Å². The molecule has 0 aliphatic rings. The van der Waals surface area contributed by atoms with Crippen LogP contribution < -0.4 is 5.32 Å². The molecule has 1 atom stereocenters. The number of para-hydroxylation sites is 1. The molecule has 3 aromatic rings. The van der Waals surface area contributed by atoms with E-state index < -0.39 is 12.1 Å². The minimum atomic E-state index is -0.962. The standard InChI is InChI=1S/C23H22N2O4/c1-3-6-21(26)24-18-12-9-17(10-13-18)22(27)15(2)29-23(28)20-14-11-16-7-4-5-8-19(16)25-20/h4-5,7-15H,3,6H2,1-2H3,(H,24,26)/t15-/m1/s1. The molecular weight excluding hydrogens is 368 g/mol. The van der Waals surface area contributed by atoms with Crippen molar-refractivity contribution in [1.29, 1.82) is 0 Å². The molecule has 0 aliphatic carbocycles. The van der Waals surface area contributed by atoms with Crippen molar-refractivity contribution in [2.45, 2.75) is 32.8 Å². The van der Waals surface area contributed by atoms with Crippen LogP contribution in [0.15, 0.2) is 60.7 Å². The fourth-order valence-electron chi connectivity index (χ4n) is 2.86. The summed E-state index contributed by atoms with van der Waals surface area (Å²) in [5, 5.41) is 3.68. The molecule has 1 aromatic heterocycles. The van der Waals surface area contributed by atoms with Crippen molar-refractivity contribution in [2.24, 2.45) is 0 Å². The Balaban J connectivity index is 1.64. The second-order valence-corrected chi connectivity index (χ2v) is 6.68. The molecular formula is C23H22N2O4. The smallest absolute Gasteiger partial charge is 0.357 e. The van der Waals surface area contributed by atoms with Crippen LogP contribution in [0.4, 0.5) is 5.69 Å². The molecule has 1 heterocycles. The van der Waals surface area contributed by atoms with Gasteiger partial charge in [-0.3, -0.25) is 9.59 Å². The Labute approximate surface area is 168 Å². The Hall–Kier alpha value is -3.54. The fourth-order valence-corrected chi connectivity index (χ4v) is 2.86. The second kappa shape index (κ2) is 9.10. The van der Waals surface area contributed by atoms with Gasteiger partial charge in [-0.1, -0.05) is 31.2 Å². The molecule has 3 rings (SSSR count). The molecule has 0 saturated heterocycles. The van der Waals surface area contributed by atoms with Gasteiger partial charge < -0.3 is 10.1 Å². The summed E-state index contributed by atoms with van der Waals surface area (Å²) in [6, 6.07) is 17.3. The highest BCUT2D eigenvalue weighted by molar-refractivity contribution is 6.02. The first kappa shape index (κ1) is 20.2. The van der Waals surface area contributed by atoms with Gasteiger partial charge in [-0.05, 0) is 49.7 Å². The minimum Gasteiger partial charge on any atom is -0.450 e. The first-order chi connectivity index (χ1) is 14.0. The van der Waals surface area contributed by atoms with Crippen molar-refractivity contribution in [2.75, 3.05) is 5.32 Å². The molecule has 29 heavy (non-hydrogen) atoms. The van der Waals surface area contributed by atoms with Crippen LogP contribution in [0, 0.1) is 0 Å². The van der Waals surface area contributed by atoms with E-state index in [1.165, 1.54) is 6.92 Å². The van der Waals surface area contributed by atoms with E-state index in [0.29, 0.717) is 23.2 Å². The first-order valence-corrected chi connectivity index (χ1v) is 9.49. The number of amides is 1. The van der Waals surface area contributed by atoms with Crippen LogP contribution in [0.5, 0.6) is 0 Å². The summed E-state index contributed by atoms with van der Waals surface area (Å²) >= 11 is 0. The molecule has 1 amide bonds. The van der Waals surface area contributed by atoms with Crippen LogP contribution in [0.2, 0.25) is 0 Å². The number of esters is 1. The normalized spacial score (nSPS) is 11.7. The lowest BCUT2D eigenvalue weighted by atomic mass is 10.1. The second-order valence-electron chi connectivity index (χ2n) is 6.68. The predicted molar refractivity (Wildman–Crippen MR) is 111 cm³/mol. The summed E-state index contributed by atoms with van der Waals surface area (Å²) in [6.45, 7) is 3.45. The molecule has 2 aromatic carbocycles. The largest absolute Gasteiger partial charge is 0.450 e. The zero-order valence-corrected chi connectivity index (χ0v) is 16.3. The van der Waals surface area contributed by atoms with E-state index in [2.05, 4.69) is 10.3 Å². The van der Waals surface area contributed by atoms with E-state index in [1.807, 2.05) is 31.2 Å². The van der Waals surface area contributed by atoms with Crippen LogP contribution in [0.3, 0.4) is 0 Å². The fraction of sp³-hybridized carbons (Fsp3) is 0.217. The number of pyridine rings is 1. The Morgan fingerprint density at radius 3 is 2.45 bits per heavy atom. The SMILES string of the molecule is CCCC(=O)Nc1ccc(C(=O)[C@@H](C)OC(=O)c2ccc3ccccc3n2)cc1.